The van der Waals surface area contributed by atoms with Crippen molar-refractivity contribution in [3.8, 4) is 5.69 Å². The highest BCUT2D eigenvalue weighted by molar-refractivity contribution is 5.71. The average molecular weight is 246 g/mol. The maximum Gasteiger partial charge on any atom is 0.272 e. The molecule has 1 heterocycles. The van der Waals surface area contributed by atoms with Gasteiger partial charge in [-0.2, -0.15) is 0 Å². The van der Waals surface area contributed by atoms with Crippen molar-refractivity contribution in [3.63, 3.8) is 0 Å². The molecule has 92 valence electrons. The Kier molecular flexibility index (Phi) is 2.88. The lowest BCUT2D eigenvalue weighted by Gasteiger charge is -2.06. The third-order valence-corrected chi connectivity index (χ3v) is 2.59. The van der Waals surface area contributed by atoms with Gasteiger partial charge in [0.2, 0.25) is 0 Å². The Morgan fingerprint density at radius 3 is 2.61 bits per heavy atom. The molecule has 0 radical (unpaired) electrons. The van der Waals surface area contributed by atoms with E-state index >= 15 is 0 Å². The van der Waals surface area contributed by atoms with Gasteiger partial charge in [-0.1, -0.05) is 5.21 Å². The van der Waals surface area contributed by atoms with Gasteiger partial charge in [-0.3, -0.25) is 14.9 Å². The van der Waals surface area contributed by atoms with Crippen LogP contribution in [0.4, 0.5) is 5.69 Å². The SMILES string of the molecule is Cc1cc([N+](=O)[O-])c(C)cc1-n1cc(C=O)nn1. The van der Waals surface area contributed by atoms with Crippen molar-refractivity contribution in [1.82, 2.24) is 15.0 Å². The summed E-state index contributed by atoms with van der Waals surface area (Å²) in [5, 5.41) is 18.2. The van der Waals surface area contributed by atoms with Gasteiger partial charge in [0.15, 0.2) is 6.29 Å². The second-order valence-corrected chi connectivity index (χ2v) is 3.89. The second kappa shape index (κ2) is 4.36. The molecule has 0 bridgehead atoms. The monoisotopic (exact) mass is 246 g/mol. The topological polar surface area (TPSA) is 90.9 Å². The van der Waals surface area contributed by atoms with Crippen LogP contribution in [0.2, 0.25) is 0 Å². The Labute approximate surface area is 102 Å². The van der Waals surface area contributed by atoms with E-state index in [1.165, 1.54) is 16.9 Å². The van der Waals surface area contributed by atoms with E-state index < -0.39 is 4.92 Å². The number of nitro groups is 1. The molecule has 0 unspecified atom stereocenters. The quantitative estimate of drug-likeness (QED) is 0.466. The maximum atomic E-state index is 10.8. The van der Waals surface area contributed by atoms with Crippen molar-refractivity contribution in [2.24, 2.45) is 0 Å². The fourth-order valence-electron chi connectivity index (χ4n) is 1.68. The Morgan fingerprint density at radius 2 is 2.06 bits per heavy atom. The van der Waals surface area contributed by atoms with E-state index in [0.29, 0.717) is 23.1 Å². The van der Waals surface area contributed by atoms with Crippen molar-refractivity contribution in [3.05, 3.63) is 45.3 Å². The molecule has 0 fully saturated rings. The summed E-state index contributed by atoms with van der Waals surface area (Å²) in [6.07, 6.45) is 2.07. The number of aromatic nitrogens is 3. The molecular weight excluding hydrogens is 236 g/mol. The van der Waals surface area contributed by atoms with Gasteiger partial charge in [-0.15, -0.1) is 5.10 Å². The highest BCUT2D eigenvalue weighted by Crippen LogP contribution is 2.24. The van der Waals surface area contributed by atoms with Crippen LogP contribution in [-0.4, -0.2) is 26.2 Å². The molecule has 0 saturated heterocycles. The van der Waals surface area contributed by atoms with Crippen LogP contribution in [0.1, 0.15) is 21.6 Å². The summed E-state index contributed by atoms with van der Waals surface area (Å²) in [5.74, 6) is 0. The number of hydrogen-bond acceptors (Lipinski definition) is 5. The number of aldehydes is 1. The van der Waals surface area contributed by atoms with Gasteiger partial charge in [-0.25, -0.2) is 4.68 Å². The molecule has 2 aromatic rings. The van der Waals surface area contributed by atoms with E-state index in [9.17, 15) is 14.9 Å². The van der Waals surface area contributed by atoms with Crippen molar-refractivity contribution in [1.29, 1.82) is 0 Å². The molecule has 0 aliphatic heterocycles. The lowest BCUT2D eigenvalue weighted by atomic mass is 10.1. The van der Waals surface area contributed by atoms with E-state index in [2.05, 4.69) is 10.3 Å². The lowest BCUT2D eigenvalue weighted by molar-refractivity contribution is -0.385. The van der Waals surface area contributed by atoms with Crippen molar-refractivity contribution >= 4 is 12.0 Å². The van der Waals surface area contributed by atoms with Crippen LogP contribution in [0.5, 0.6) is 0 Å². The number of nitro benzene ring substituents is 1. The minimum atomic E-state index is -0.426. The molecule has 7 heteroatoms. The zero-order valence-corrected chi connectivity index (χ0v) is 9.82. The van der Waals surface area contributed by atoms with Gasteiger partial charge in [0.25, 0.3) is 5.69 Å². The van der Waals surface area contributed by atoms with Crippen LogP contribution in [0.25, 0.3) is 5.69 Å². The molecule has 18 heavy (non-hydrogen) atoms. The van der Waals surface area contributed by atoms with Gasteiger partial charge in [0, 0.05) is 11.6 Å². The Bertz CT molecular complexity index is 633. The number of benzene rings is 1. The van der Waals surface area contributed by atoms with Crippen LogP contribution in [0.3, 0.4) is 0 Å². The lowest BCUT2D eigenvalue weighted by Crippen LogP contribution is -2.01. The van der Waals surface area contributed by atoms with Gasteiger partial charge in [0.05, 0.1) is 16.8 Å². The van der Waals surface area contributed by atoms with Gasteiger partial charge in [-0.05, 0) is 25.5 Å². The van der Waals surface area contributed by atoms with Crippen molar-refractivity contribution in [2.75, 3.05) is 0 Å². The number of aryl methyl sites for hydroxylation is 2. The van der Waals surface area contributed by atoms with E-state index in [0.717, 1.165) is 0 Å². The number of carbonyl (C=O) groups is 1. The molecule has 0 aliphatic carbocycles. The predicted molar refractivity (Wildman–Crippen MR) is 62.9 cm³/mol. The zero-order valence-electron chi connectivity index (χ0n) is 9.82. The first-order chi connectivity index (χ1) is 8.52. The number of rotatable bonds is 3. The van der Waals surface area contributed by atoms with E-state index in [4.69, 9.17) is 0 Å². The average Bonchev–Trinajstić information content (AvgIpc) is 2.79. The summed E-state index contributed by atoms with van der Waals surface area (Å²) >= 11 is 0. The molecule has 1 aromatic carbocycles. The molecule has 0 saturated carbocycles. The summed E-state index contributed by atoms with van der Waals surface area (Å²) in [7, 11) is 0. The summed E-state index contributed by atoms with van der Waals surface area (Å²) in [5.41, 5.74) is 2.16. The largest absolute Gasteiger partial charge is 0.296 e. The third kappa shape index (κ3) is 1.97. The van der Waals surface area contributed by atoms with E-state index in [-0.39, 0.29) is 11.4 Å². The predicted octanol–water partition coefficient (Wildman–Crippen LogP) is 1.60. The molecule has 0 N–H and O–H groups in total. The number of carbonyl (C=O) groups excluding carboxylic acids is 1. The summed E-state index contributed by atoms with van der Waals surface area (Å²) in [6.45, 7) is 3.39. The Hall–Kier alpha value is -2.57. The molecule has 0 amide bonds. The molecule has 7 nitrogen and oxygen atoms in total. The maximum absolute atomic E-state index is 10.8. The summed E-state index contributed by atoms with van der Waals surface area (Å²) in [6, 6.07) is 3.13. The molecular formula is C11H10N4O3. The molecule has 0 spiro atoms. The fourth-order valence-corrected chi connectivity index (χ4v) is 1.68. The van der Waals surface area contributed by atoms with Gasteiger partial charge in [0.1, 0.15) is 5.69 Å². The van der Waals surface area contributed by atoms with Crippen molar-refractivity contribution < 1.29 is 9.72 Å². The minimum absolute atomic E-state index is 0.0620. The highest BCUT2D eigenvalue weighted by Gasteiger charge is 2.15. The van der Waals surface area contributed by atoms with E-state index in [1.807, 2.05) is 0 Å². The molecule has 0 aliphatic rings. The molecule has 1 aromatic heterocycles. The fraction of sp³-hybridized carbons (Fsp3) is 0.182. The first kappa shape index (κ1) is 11.9. The van der Waals surface area contributed by atoms with Crippen LogP contribution < -0.4 is 0 Å². The van der Waals surface area contributed by atoms with Crippen LogP contribution in [0.15, 0.2) is 18.3 Å². The molecule has 2 rings (SSSR count). The first-order valence-electron chi connectivity index (χ1n) is 5.16. The standard InChI is InChI=1S/C11H10N4O3/c1-7-4-11(15(17)18)8(2)3-10(7)14-5-9(6-16)12-13-14/h3-6H,1-2H3. The first-order valence-corrected chi connectivity index (χ1v) is 5.16. The Morgan fingerprint density at radius 1 is 1.33 bits per heavy atom. The Balaban J connectivity index is 2.55. The molecule has 0 atom stereocenters. The normalized spacial score (nSPS) is 10.3. The highest BCUT2D eigenvalue weighted by atomic mass is 16.6. The summed E-state index contributed by atoms with van der Waals surface area (Å²) < 4.78 is 1.43. The van der Waals surface area contributed by atoms with Gasteiger partial charge < -0.3 is 0 Å². The number of nitrogens with zero attached hydrogens (tertiary/aromatic N) is 4. The van der Waals surface area contributed by atoms with Crippen LogP contribution in [0, 0.1) is 24.0 Å². The van der Waals surface area contributed by atoms with Crippen LogP contribution >= 0.6 is 0 Å². The smallest absolute Gasteiger partial charge is 0.272 e. The number of hydrogen-bond donors (Lipinski definition) is 0. The minimum Gasteiger partial charge on any atom is -0.296 e. The van der Waals surface area contributed by atoms with Gasteiger partial charge >= 0.3 is 0 Å². The second-order valence-electron chi connectivity index (χ2n) is 3.89. The third-order valence-electron chi connectivity index (χ3n) is 2.59. The zero-order chi connectivity index (χ0) is 13.3. The van der Waals surface area contributed by atoms with Crippen molar-refractivity contribution in [2.45, 2.75) is 13.8 Å². The van der Waals surface area contributed by atoms with E-state index in [1.54, 1.807) is 19.9 Å². The van der Waals surface area contributed by atoms with Crippen LogP contribution in [-0.2, 0) is 0 Å². The summed E-state index contributed by atoms with van der Waals surface area (Å²) in [4.78, 5) is 20.9.